The molecule has 0 spiro atoms. The van der Waals surface area contributed by atoms with Crippen molar-refractivity contribution in [1.29, 1.82) is 0 Å². The molecule has 28 heavy (non-hydrogen) atoms. The van der Waals surface area contributed by atoms with E-state index in [9.17, 15) is 4.79 Å². The molecule has 1 aliphatic rings. The average Bonchev–Trinajstić information content (AvgIpc) is 3.43. The summed E-state index contributed by atoms with van der Waals surface area (Å²) in [7, 11) is 0. The zero-order valence-corrected chi connectivity index (χ0v) is 20.4. The molecule has 0 bridgehead atoms. The second-order valence-electron chi connectivity index (χ2n) is 6.34. The van der Waals surface area contributed by atoms with Crippen LogP contribution < -0.4 is 51.4 Å². The molecule has 5 heteroatoms. The molecule has 0 radical (unpaired) electrons. The molecule has 4 rings (SSSR count). The number of hydrogen-bond acceptors (Lipinski definition) is 4. The standard InChI is InChI=1S/C18H14NO2S.C5H9.K/c1-13(12-20)22-18-19-16(14-8-4-2-5-9-14)17(21-18)15-10-6-3-7-11-15;1-2-4-5-3-1;/h2-11,13H,1H3;1H,2-5H2;/q2*-1;+1. The van der Waals surface area contributed by atoms with Crippen molar-refractivity contribution in [3.63, 3.8) is 0 Å². The molecule has 1 heterocycles. The molecular formula is C23H23KNO2S-. The maximum absolute atomic E-state index is 10.7. The molecule has 0 N–H and O–H groups in total. The van der Waals surface area contributed by atoms with Gasteiger partial charge < -0.3 is 15.6 Å². The van der Waals surface area contributed by atoms with Crippen molar-refractivity contribution in [2.45, 2.75) is 43.1 Å². The molecule has 1 aromatic heterocycles. The van der Waals surface area contributed by atoms with Crippen molar-refractivity contribution in [3.8, 4) is 22.6 Å². The average molecular weight is 417 g/mol. The zero-order chi connectivity index (χ0) is 18.9. The Morgan fingerprint density at radius 3 is 2.07 bits per heavy atom. The molecule has 1 unspecified atom stereocenters. The number of nitrogens with zero attached hydrogens (tertiary/aromatic N) is 1. The summed E-state index contributed by atoms with van der Waals surface area (Å²) in [6.07, 6.45) is 9.93. The van der Waals surface area contributed by atoms with Crippen LogP contribution in [0.3, 0.4) is 0 Å². The molecule has 1 saturated carbocycles. The van der Waals surface area contributed by atoms with Crippen molar-refractivity contribution in [1.82, 2.24) is 4.98 Å². The third-order valence-corrected chi connectivity index (χ3v) is 5.03. The van der Waals surface area contributed by atoms with E-state index < -0.39 is 0 Å². The normalized spacial score (nSPS) is 13.8. The van der Waals surface area contributed by atoms with Crippen LogP contribution in [0.15, 0.2) is 70.3 Å². The molecule has 3 nitrogen and oxygen atoms in total. The topological polar surface area (TPSA) is 43.1 Å². The summed E-state index contributed by atoms with van der Waals surface area (Å²) in [5.74, 6) is 0.715. The van der Waals surface area contributed by atoms with Crippen molar-refractivity contribution < 1.29 is 60.6 Å². The largest absolute Gasteiger partial charge is 1.00 e. The van der Waals surface area contributed by atoms with Crippen LogP contribution in [0.4, 0.5) is 0 Å². The Bertz CT molecular complexity index is 768. The van der Waals surface area contributed by atoms with E-state index in [0.29, 0.717) is 11.0 Å². The molecule has 1 aliphatic carbocycles. The summed E-state index contributed by atoms with van der Waals surface area (Å²) in [4.78, 5) is 15.3. The van der Waals surface area contributed by atoms with Crippen LogP contribution in [-0.2, 0) is 4.79 Å². The molecular weight excluding hydrogens is 393 g/mol. The predicted molar refractivity (Wildman–Crippen MR) is 111 cm³/mol. The summed E-state index contributed by atoms with van der Waals surface area (Å²) in [5.41, 5.74) is 2.73. The third kappa shape index (κ3) is 6.97. The zero-order valence-electron chi connectivity index (χ0n) is 16.4. The van der Waals surface area contributed by atoms with Gasteiger partial charge in [0, 0.05) is 11.1 Å². The Kier molecular flexibility index (Phi) is 10.8. The predicted octanol–water partition coefficient (Wildman–Crippen LogP) is 3.37. The summed E-state index contributed by atoms with van der Waals surface area (Å²) in [6, 6.07) is 19.7. The number of rotatable bonds is 5. The Balaban J connectivity index is 0.000000408. The van der Waals surface area contributed by atoms with Crippen molar-refractivity contribution in [3.05, 3.63) is 67.1 Å². The van der Waals surface area contributed by atoms with Gasteiger partial charge in [0.15, 0.2) is 5.76 Å². The van der Waals surface area contributed by atoms with E-state index in [-0.39, 0.29) is 56.6 Å². The maximum atomic E-state index is 10.7. The van der Waals surface area contributed by atoms with E-state index in [1.54, 1.807) is 6.92 Å². The molecule has 0 aliphatic heterocycles. The fourth-order valence-corrected chi connectivity index (χ4v) is 3.45. The van der Waals surface area contributed by atoms with Crippen molar-refractivity contribution >= 4 is 18.0 Å². The number of hydrogen-bond donors (Lipinski definition) is 0. The first-order valence-electron chi connectivity index (χ1n) is 9.25. The number of oxazole rings is 1. The van der Waals surface area contributed by atoms with Crippen molar-refractivity contribution in [2.75, 3.05) is 0 Å². The minimum atomic E-state index is -0.314. The molecule has 3 aromatic rings. The summed E-state index contributed by atoms with van der Waals surface area (Å²) in [6.45, 7) is 1.77. The van der Waals surface area contributed by atoms with Gasteiger partial charge in [-0.15, -0.1) is 0 Å². The van der Waals surface area contributed by atoms with E-state index in [1.807, 2.05) is 66.9 Å². The minimum Gasteiger partial charge on any atom is -0.541 e. The molecule has 1 atom stereocenters. The van der Waals surface area contributed by atoms with Gasteiger partial charge in [-0.1, -0.05) is 97.4 Å². The van der Waals surface area contributed by atoms with Crippen LogP contribution in [-0.4, -0.2) is 16.5 Å². The van der Waals surface area contributed by atoms with Gasteiger partial charge in [-0.2, -0.15) is 12.8 Å². The number of thioether (sulfide) groups is 1. The van der Waals surface area contributed by atoms with Crippen LogP contribution in [0.1, 0.15) is 32.6 Å². The fourth-order valence-electron chi connectivity index (χ4n) is 2.82. The van der Waals surface area contributed by atoms with Crippen LogP contribution in [0.5, 0.6) is 0 Å². The summed E-state index contributed by atoms with van der Waals surface area (Å²) < 4.78 is 5.90. The van der Waals surface area contributed by atoms with Crippen molar-refractivity contribution in [2.24, 2.45) is 0 Å². The molecule has 2 aromatic carbocycles. The van der Waals surface area contributed by atoms with Gasteiger partial charge in [0.2, 0.25) is 0 Å². The van der Waals surface area contributed by atoms with E-state index in [0.717, 1.165) is 16.8 Å². The van der Waals surface area contributed by atoms with Gasteiger partial charge in [0.25, 0.3) is 5.22 Å². The van der Waals surface area contributed by atoms with Crippen LogP contribution >= 0.6 is 11.8 Å². The Labute approximate surface area is 214 Å². The van der Waals surface area contributed by atoms with E-state index in [1.165, 1.54) is 37.4 Å². The third-order valence-electron chi connectivity index (χ3n) is 4.20. The second kappa shape index (κ2) is 12.8. The van der Waals surface area contributed by atoms with Crippen LogP contribution in [0.2, 0.25) is 0 Å². The monoisotopic (exact) mass is 416 g/mol. The Hall–Kier alpha value is -0.694. The van der Waals surface area contributed by atoms with E-state index in [2.05, 4.69) is 11.4 Å². The van der Waals surface area contributed by atoms with E-state index in [4.69, 9.17) is 4.42 Å². The van der Waals surface area contributed by atoms with E-state index >= 15 is 0 Å². The second-order valence-corrected chi connectivity index (χ2v) is 7.63. The summed E-state index contributed by atoms with van der Waals surface area (Å²) >= 11 is 1.27. The van der Waals surface area contributed by atoms with Gasteiger partial charge in [-0.25, -0.2) is 4.98 Å². The molecule has 1 fully saturated rings. The number of aromatic nitrogens is 1. The van der Waals surface area contributed by atoms with Gasteiger partial charge in [-0.3, -0.25) is 6.29 Å². The number of carbonyl (C=O) groups excluding carboxylic acids is 1. The first kappa shape index (κ1) is 23.6. The van der Waals surface area contributed by atoms with Crippen LogP contribution in [0.25, 0.3) is 22.6 Å². The summed E-state index contributed by atoms with van der Waals surface area (Å²) in [5, 5.41) is 0.166. The number of benzene rings is 2. The molecule has 0 amide bonds. The van der Waals surface area contributed by atoms with Crippen LogP contribution in [0, 0.1) is 6.42 Å². The molecule has 0 saturated heterocycles. The fraction of sp³-hybridized carbons (Fsp3) is 0.261. The van der Waals surface area contributed by atoms with Gasteiger partial charge in [0.1, 0.15) is 5.69 Å². The first-order valence-corrected chi connectivity index (χ1v) is 10.1. The maximum Gasteiger partial charge on any atom is 1.00 e. The first-order chi connectivity index (χ1) is 13.3. The smallest absolute Gasteiger partial charge is 0.541 e. The van der Waals surface area contributed by atoms with Gasteiger partial charge >= 0.3 is 51.4 Å². The SMILES string of the molecule is CC([C-]=O)Sc1nc(-c2ccccc2)c(-c2ccccc2)o1.[CH-]1CCCC1.[K+]. The minimum absolute atomic E-state index is 0. The van der Waals surface area contributed by atoms with Gasteiger partial charge in [0.05, 0.1) is 0 Å². The molecule has 140 valence electrons. The Morgan fingerprint density at radius 2 is 1.57 bits per heavy atom. The Morgan fingerprint density at radius 1 is 1.00 bits per heavy atom. The van der Waals surface area contributed by atoms with Gasteiger partial charge in [-0.05, 0) is 0 Å². The quantitative estimate of drug-likeness (QED) is 0.363.